The second kappa shape index (κ2) is 7.17. The standard InChI is InChI=1S/C19H19N3O3/c1-3-14-7-5-8-15(10-14)20-18(23)12-25-19(24)16-11-22-13(2)6-4-9-17(22)21-16/h4-11H,3,12H2,1-2H3,(H,20,23). The zero-order valence-corrected chi connectivity index (χ0v) is 14.2. The first-order valence-electron chi connectivity index (χ1n) is 8.07. The van der Waals surface area contributed by atoms with E-state index in [2.05, 4.69) is 10.3 Å². The topological polar surface area (TPSA) is 72.7 Å². The number of hydrogen-bond acceptors (Lipinski definition) is 4. The zero-order valence-electron chi connectivity index (χ0n) is 14.2. The molecule has 0 unspecified atom stereocenters. The molecule has 2 heterocycles. The van der Waals surface area contributed by atoms with Crippen molar-refractivity contribution in [2.24, 2.45) is 0 Å². The number of carbonyl (C=O) groups is 2. The van der Waals surface area contributed by atoms with Gasteiger partial charge < -0.3 is 14.5 Å². The lowest BCUT2D eigenvalue weighted by atomic mass is 10.1. The van der Waals surface area contributed by atoms with E-state index in [4.69, 9.17) is 4.74 Å². The molecule has 128 valence electrons. The van der Waals surface area contributed by atoms with Crippen molar-refractivity contribution in [1.29, 1.82) is 0 Å². The van der Waals surface area contributed by atoms with Crippen LogP contribution in [0.2, 0.25) is 0 Å². The number of nitrogens with zero attached hydrogens (tertiary/aromatic N) is 2. The fourth-order valence-electron chi connectivity index (χ4n) is 2.52. The maximum absolute atomic E-state index is 12.1. The number of pyridine rings is 1. The van der Waals surface area contributed by atoms with Crippen LogP contribution in [0.4, 0.5) is 5.69 Å². The van der Waals surface area contributed by atoms with E-state index in [1.54, 1.807) is 22.7 Å². The third-order valence-electron chi connectivity index (χ3n) is 3.86. The first-order chi connectivity index (χ1) is 12.1. The van der Waals surface area contributed by atoms with Gasteiger partial charge in [-0.25, -0.2) is 9.78 Å². The number of nitrogens with one attached hydrogen (secondary N) is 1. The average Bonchev–Trinajstić information content (AvgIpc) is 3.05. The second-order valence-corrected chi connectivity index (χ2v) is 5.70. The lowest BCUT2D eigenvalue weighted by Crippen LogP contribution is -2.21. The summed E-state index contributed by atoms with van der Waals surface area (Å²) in [5, 5.41) is 2.72. The molecule has 0 radical (unpaired) electrons. The van der Waals surface area contributed by atoms with E-state index < -0.39 is 5.97 Å². The van der Waals surface area contributed by atoms with Crippen LogP contribution in [0, 0.1) is 6.92 Å². The number of benzene rings is 1. The molecule has 0 saturated carbocycles. The van der Waals surface area contributed by atoms with Gasteiger partial charge >= 0.3 is 5.97 Å². The molecule has 1 aromatic carbocycles. The molecule has 0 atom stereocenters. The fourth-order valence-corrected chi connectivity index (χ4v) is 2.52. The third-order valence-corrected chi connectivity index (χ3v) is 3.86. The van der Waals surface area contributed by atoms with Gasteiger partial charge in [0, 0.05) is 17.6 Å². The largest absolute Gasteiger partial charge is 0.451 e. The normalized spacial score (nSPS) is 10.6. The summed E-state index contributed by atoms with van der Waals surface area (Å²) in [6.45, 7) is 3.60. The molecule has 1 N–H and O–H groups in total. The van der Waals surface area contributed by atoms with Crippen LogP contribution in [0.1, 0.15) is 28.7 Å². The quantitative estimate of drug-likeness (QED) is 0.727. The van der Waals surface area contributed by atoms with Gasteiger partial charge in [-0.05, 0) is 43.2 Å². The minimum atomic E-state index is -0.624. The molecule has 0 aliphatic carbocycles. The highest BCUT2D eigenvalue weighted by molar-refractivity contribution is 5.95. The predicted molar refractivity (Wildman–Crippen MR) is 94.7 cm³/mol. The summed E-state index contributed by atoms with van der Waals surface area (Å²) >= 11 is 0. The molecule has 6 heteroatoms. The predicted octanol–water partition coefficient (Wildman–Crippen LogP) is 3.00. The number of aryl methyl sites for hydroxylation is 2. The number of hydrogen-bond donors (Lipinski definition) is 1. The van der Waals surface area contributed by atoms with Crippen molar-refractivity contribution in [3.8, 4) is 0 Å². The summed E-state index contributed by atoms with van der Waals surface area (Å²) in [6, 6.07) is 13.1. The van der Waals surface area contributed by atoms with Crippen molar-refractivity contribution in [3.05, 3.63) is 65.6 Å². The van der Waals surface area contributed by atoms with E-state index in [0.29, 0.717) is 11.3 Å². The van der Waals surface area contributed by atoms with Crippen LogP contribution in [0.25, 0.3) is 5.65 Å². The maximum Gasteiger partial charge on any atom is 0.359 e. The van der Waals surface area contributed by atoms with Gasteiger partial charge in [0.1, 0.15) is 5.65 Å². The molecule has 1 amide bonds. The highest BCUT2D eigenvalue weighted by Gasteiger charge is 2.14. The summed E-state index contributed by atoms with van der Waals surface area (Å²) in [7, 11) is 0. The van der Waals surface area contributed by atoms with Crippen LogP contribution >= 0.6 is 0 Å². The summed E-state index contributed by atoms with van der Waals surface area (Å²) in [4.78, 5) is 28.3. The Morgan fingerprint density at radius 1 is 1.20 bits per heavy atom. The molecule has 2 aromatic heterocycles. The van der Waals surface area contributed by atoms with E-state index in [9.17, 15) is 9.59 Å². The molecular formula is C19H19N3O3. The van der Waals surface area contributed by atoms with Crippen molar-refractivity contribution >= 4 is 23.2 Å². The molecule has 0 bridgehead atoms. The Morgan fingerprint density at radius 2 is 2.00 bits per heavy atom. The Hall–Kier alpha value is -3.15. The van der Waals surface area contributed by atoms with Crippen LogP contribution in [-0.4, -0.2) is 27.9 Å². The Balaban J connectivity index is 1.61. The van der Waals surface area contributed by atoms with Crippen LogP contribution in [0.3, 0.4) is 0 Å². The SMILES string of the molecule is CCc1cccc(NC(=O)COC(=O)c2cn3c(C)cccc3n2)c1. The van der Waals surface area contributed by atoms with E-state index >= 15 is 0 Å². The first-order valence-corrected chi connectivity index (χ1v) is 8.07. The van der Waals surface area contributed by atoms with Gasteiger partial charge in [-0.15, -0.1) is 0 Å². The maximum atomic E-state index is 12.1. The average molecular weight is 337 g/mol. The number of carbonyl (C=O) groups excluding carboxylic acids is 2. The van der Waals surface area contributed by atoms with Gasteiger partial charge in [-0.2, -0.15) is 0 Å². The lowest BCUT2D eigenvalue weighted by Gasteiger charge is -2.07. The molecular weight excluding hydrogens is 318 g/mol. The minimum absolute atomic E-state index is 0.176. The summed E-state index contributed by atoms with van der Waals surface area (Å²) in [5.74, 6) is -1.01. The van der Waals surface area contributed by atoms with Crippen molar-refractivity contribution in [2.45, 2.75) is 20.3 Å². The number of anilines is 1. The van der Waals surface area contributed by atoms with E-state index in [1.807, 2.05) is 44.2 Å². The summed E-state index contributed by atoms with van der Waals surface area (Å²) < 4.78 is 6.86. The molecule has 0 fully saturated rings. The van der Waals surface area contributed by atoms with Crippen LogP contribution in [0.5, 0.6) is 0 Å². The Kier molecular flexibility index (Phi) is 4.79. The van der Waals surface area contributed by atoms with Gasteiger partial charge in [0.25, 0.3) is 5.91 Å². The van der Waals surface area contributed by atoms with Crippen LogP contribution in [0.15, 0.2) is 48.7 Å². The van der Waals surface area contributed by atoms with Gasteiger partial charge in [0.05, 0.1) is 0 Å². The number of esters is 1. The smallest absolute Gasteiger partial charge is 0.359 e. The Labute approximate surface area is 145 Å². The van der Waals surface area contributed by atoms with Crippen molar-refractivity contribution < 1.29 is 14.3 Å². The summed E-state index contributed by atoms with van der Waals surface area (Å²) in [5.41, 5.74) is 3.60. The van der Waals surface area contributed by atoms with E-state index in [0.717, 1.165) is 17.7 Å². The molecule has 6 nitrogen and oxygen atoms in total. The number of rotatable bonds is 5. The van der Waals surface area contributed by atoms with Gasteiger partial charge in [0.2, 0.25) is 0 Å². The van der Waals surface area contributed by atoms with Gasteiger partial charge in [0.15, 0.2) is 12.3 Å². The highest BCUT2D eigenvalue weighted by atomic mass is 16.5. The van der Waals surface area contributed by atoms with Gasteiger partial charge in [-0.3, -0.25) is 4.79 Å². The number of ether oxygens (including phenoxy) is 1. The Bertz CT molecular complexity index is 931. The molecule has 3 rings (SSSR count). The Morgan fingerprint density at radius 3 is 2.76 bits per heavy atom. The molecule has 0 aliphatic heterocycles. The monoisotopic (exact) mass is 337 g/mol. The molecule has 0 saturated heterocycles. The van der Waals surface area contributed by atoms with Crippen molar-refractivity contribution in [2.75, 3.05) is 11.9 Å². The van der Waals surface area contributed by atoms with E-state index in [1.165, 1.54) is 0 Å². The third kappa shape index (κ3) is 3.85. The van der Waals surface area contributed by atoms with Crippen molar-refractivity contribution in [1.82, 2.24) is 9.38 Å². The van der Waals surface area contributed by atoms with Crippen LogP contribution < -0.4 is 5.32 Å². The second-order valence-electron chi connectivity index (χ2n) is 5.70. The summed E-state index contributed by atoms with van der Waals surface area (Å²) in [6.07, 6.45) is 2.49. The number of imidazole rings is 1. The minimum Gasteiger partial charge on any atom is -0.451 e. The lowest BCUT2D eigenvalue weighted by molar-refractivity contribution is -0.119. The first kappa shape index (κ1) is 16.7. The molecule has 0 spiro atoms. The van der Waals surface area contributed by atoms with Crippen LogP contribution in [-0.2, 0) is 16.0 Å². The van der Waals surface area contributed by atoms with E-state index in [-0.39, 0.29) is 18.2 Å². The van der Waals surface area contributed by atoms with Crippen molar-refractivity contribution in [3.63, 3.8) is 0 Å². The number of amides is 1. The molecule has 0 aliphatic rings. The molecule has 25 heavy (non-hydrogen) atoms. The van der Waals surface area contributed by atoms with Gasteiger partial charge in [-0.1, -0.05) is 25.1 Å². The number of fused-ring (bicyclic) bond motifs is 1. The highest BCUT2D eigenvalue weighted by Crippen LogP contribution is 2.12. The zero-order chi connectivity index (χ0) is 17.8. The number of aromatic nitrogens is 2. The fraction of sp³-hybridized carbons (Fsp3) is 0.211. The molecule has 3 aromatic rings.